The molecular weight excluding hydrogens is 409 g/mol. The summed E-state index contributed by atoms with van der Waals surface area (Å²) in [7, 11) is 0. The summed E-state index contributed by atoms with van der Waals surface area (Å²) >= 11 is 0. The van der Waals surface area contributed by atoms with E-state index >= 15 is 0 Å². The van der Waals surface area contributed by atoms with Gasteiger partial charge in [0, 0.05) is 43.0 Å². The number of hydrogen-bond acceptors (Lipinski definition) is 6. The molecule has 1 amide bonds. The number of amides is 1. The Bertz CT molecular complexity index is 1240. The van der Waals surface area contributed by atoms with Crippen molar-refractivity contribution in [3.05, 3.63) is 66.4 Å². The molecule has 2 N–H and O–H groups in total. The number of rotatable bonds is 5. The lowest BCUT2D eigenvalue weighted by atomic mass is 10.0. The Hall–Kier alpha value is -3.72. The maximum Gasteiger partial charge on any atom is 0.276 e. The summed E-state index contributed by atoms with van der Waals surface area (Å²) in [5.41, 5.74) is 4.59. The average Bonchev–Trinajstić information content (AvgIpc) is 3.25. The number of carbonyl (C=O) groups excluding carboxylic acids is 1. The molecule has 0 unspecified atom stereocenters. The summed E-state index contributed by atoms with van der Waals surface area (Å²) in [5, 5.41) is 18.1. The van der Waals surface area contributed by atoms with Gasteiger partial charge in [-0.15, -0.1) is 0 Å². The monoisotopic (exact) mass is 431 g/mol. The number of carbonyl (C=O) groups is 1. The standard InChI is InChI=1S/C23H22FN7O/c24-18-4-7-31(8-5-18)14-15-9-17(12-25-11-15)16-1-2-21-20(10-16)22(30-29-21)23(32)28-19-3-6-26-27-13-19/h1-3,6,9-13,18H,4-5,7-8,14H2,(H,29,30)(H,26,28,32). The van der Waals surface area contributed by atoms with Crippen molar-refractivity contribution in [1.29, 1.82) is 0 Å². The minimum absolute atomic E-state index is 0.303. The second-order valence-corrected chi connectivity index (χ2v) is 7.95. The van der Waals surface area contributed by atoms with Crippen LogP contribution in [0, 0.1) is 0 Å². The second kappa shape index (κ2) is 8.80. The molecule has 1 aromatic carbocycles. The number of hydrogen-bond donors (Lipinski definition) is 2. The molecule has 0 spiro atoms. The second-order valence-electron chi connectivity index (χ2n) is 7.95. The van der Waals surface area contributed by atoms with Gasteiger partial charge < -0.3 is 5.32 Å². The first-order valence-corrected chi connectivity index (χ1v) is 10.5. The number of anilines is 1. The van der Waals surface area contributed by atoms with Gasteiger partial charge in [-0.25, -0.2) is 4.39 Å². The number of fused-ring (bicyclic) bond motifs is 1. The SMILES string of the molecule is O=C(Nc1ccnnc1)c1n[nH]c2ccc(-c3cncc(CN4CCC(F)CC4)c3)cc12. The maximum absolute atomic E-state index is 13.4. The summed E-state index contributed by atoms with van der Waals surface area (Å²) in [6, 6.07) is 9.58. The number of nitrogens with one attached hydrogen (secondary N) is 2. The van der Waals surface area contributed by atoms with Crippen molar-refractivity contribution in [1.82, 2.24) is 30.3 Å². The number of nitrogens with zero attached hydrogens (tertiary/aromatic N) is 5. The van der Waals surface area contributed by atoms with Crippen LogP contribution < -0.4 is 5.32 Å². The molecule has 32 heavy (non-hydrogen) atoms. The summed E-state index contributed by atoms with van der Waals surface area (Å²) in [6.45, 7) is 2.27. The molecule has 0 radical (unpaired) electrons. The Balaban J connectivity index is 1.39. The summed E-state index contributed by atoms with van der Waals surface area (Å²) in [4.78, 5) is 19.4. The Morgan fingerprint density at radius 2 is 1.97 bits per heavy atom. The van der Waals surface area contributed by atoms with Gasteiger partial charge in [-0.3, -0.25) is 19.8 Å². The third kappa shape index (κ3) is 4.33. The zero-order valence-electron chi connectivity index (χ0n) is 17.3. The third-order valence-electron chi connectivity index (χ3n) is 5.67. The third-order valence-corrected chi connectivity index (χ3v) is 5.67. The predicted molar refractivity (Wildman–Crippen MR) is 119 cm³/mol. The van der Waals surface area contributed by atoms with Gasteiger partial charge in [0.25, 0.3) is 5.91 Å². The molecule has 4 aromatic rings. The average molecular weight is 431 g/mol. The van der Waals surface area contributed by atoms with E-state index in [1.54, 1.807) is 12.3 Å². The molecule has 5 rings (SSSR count). The predicted octanol–water partition coefficient (Wildman–Crippen LogP) is 3.60. The van der Waals surface area contributed by atoms with E-state index < -0.39 is 6.17 Å². The van der Waals surface area contributed by atoms with E-state index in [1.165, 1.54) is 12.4 Å². The molecule has 8 nitrogen and oxygen atoms in total. The Morgan fingerprint density at radius 1 is 1.09 bits per heavy atom. The normalized spacial score (nSPS) is 15.2. The van der Waals surface area contributed by atoms with E-state index in [4.69, 9.17) is 0 Å². The van der Waals surface area contributed by atoms with Gasteiger partial charge in [0.1, 0.15) is 6.17 Å². The first kappa shape index (κ1) is 20.2. The number of pyridine rings is 1. The lowest BCUT2D eigenvalue weighted by Crippen LogP contribution is -2.33. The molecule has 1 aliphatic rings. The van der Waals surface area contributed by atoms with Crippen molar-refractivity contribution < 1.29 is 9.18 Å². The van der Waals surface area contributed by atoms with Crippen LogP contribution in [0.15, 0.2) is 55.1 Å². The Kier molecular flexibility index (Phi) is 5.55. The fourth-order valence-electron chi connectivity index (χ4n) is 3.97. The number of benzene rings is 1. The molecule has 0 atom stereocenters. The van der Waals surface area contributed by atoms with E-state index in [2.05, 4.69) is 41.7 Å². The molecule has 3 aromatic heterocycles. The topological polar surface area (TPSA) is 99.7 Å². The molecule has 1 aliphatic heterocycles. The first-order chi connectivity index (χ1) is 15.7. The number of halogens is 1. The van der Waals surface area contributed by atoms with E-state index in [-0.39, 0.29) is 5.91 Å². The molecule has 4 heterocycles. The van der Waals surface area contributed by atoms with Crippen molar-refractivity contribution in [2.75, 3.05) is 18.4 Å². The Labute approximate surface area is 183 Å². The zero-order valence-corrected chi connectivity index (χ0v) is 17.3. The highest BCUT2D eigenvalue weighted by molar-refractivity contribution is 6.11. The molecule has 162 valence electrons. The molecule has 1 fully saturated rings. The number of aromatic amines is 1. The van der Waals surface area contributed by atoms with Gasteiger partial charge in [0.2, 0.25) is 0 Å². The number of likely N-dealkylation sites (tertiary alicyclic amines) is 1. The van der Waals surface area contributed by atoms with Gasteiger partial charge >= 0.3 is 0 Å². The molecule has 0 aliphatic carbocycles. The molecule has 0 bridgehead atoms. The smallest absolute Gasteiger partial charge is 0.276 e. The summed E-state index contributed by atoms with van der Waals surface area (Å²) < 4.78 is 13.4. The van der Waals surface area contributed by atoms with Crippen LogP contribution in [0.2, 0.25) is 0 Å². The number of H-pyrrole nitrogens is 1. The van der Waals surface area contributed by atoms with Crippen LogP contribution in [0.3, 0.4) is 0 Å². The van der Waals surface area contributed by atoms with Crippen LogP contribution in [0.25, 0.3) is 22.0 Å². The van der Waals surface area contributed by atoms with Crippen molar-refractivity contribution >= 4 is 22.5 Å². The molecule has 0 saturated carbocycles. The van der Waals surface area contributed by atoms with Crippen LogP contribution in [-0.4, -0.2) is 55.4 Å². The molecule has 1 saturated heterocycles. The number of aromatic nitrogens is 5. The van der Waals surface area contributed by atoms with Crippen molar-refractivity contribution in [2.24, 2.45) is 0 Å². The van der Waals surface area contributed by atoms with Gasteiger partial charge in [-0.05, 0) is 48.2 Å². The van der Waals surface area contributed by atoms with Crippen LogP contribution in [-0.2, 0) is 6.54 Å². The van der Waals surface area contributed by atoms with E-state index in [9.17, 15) is 9.18 Å². The van der Waals surface area contributed by atoms with Crippen LogP contribution in [0.1, 0.15) is 28.9 Å². The summed E-state index contributed by atoms with van der Waals surface area (Å²) in [6.07, 6.45) is 7.14. The fourth-order valence-corrected chi connectivity index (χ4v) is 3.97. The number of alkyl halides is 1. The van der Waals surface area contributed by atoms with Gasteiger partial charge in [-0.2, -0.15) is 15.3 Å². The van der Waals surface area contributed by atoms with Gasteiger partial charge in [-0.1, -0.05) is 6.07 Å². The van der Waals surface area contributed by atoms with Crippen LogP contribution >= 0.6 is 0 Å². The zero-order chi connectivity index (χ0) is 21.9. The fraction of sp³-hybridized carbons (Fsp3) is 0.261. The van der Waals surface area contributed by atoms with E-state index in [0.717, 1.165) is 47.2 Å². The van der Waals surface area contributed by atoms with Gasteiger partial charge in [0.15, 0.2) is 5.69 Å². The van der Waals surface area contributed by atoms with Crippen molar-refractivity contribution in [3.63, 3.8) is 0 Å². The number of piperidine rings is 1. The highest BCUT2D eigenvalue weighted by Gasteiger charge is 2.19. The highest BCUT2D eigenvalue weighted by atomic mass is 19.1. The quantitative estimate of drug-likeness (QED) is 0.501. The van der Waals surface area contributed by atoms with Crippen molar-refractivity contribution in [3.8, 4) is 11.1 Å². The van der Waals surface area contributed by atoms with Crippen LogP contribution in [0.4, 0.5) is 10.1 Å². The minimum Gasteiger partial charge on any atom is -0.319 e. The van der Waals surface area contributed by atoms with Gasteiger partial charge in [0.05, 0.1) is 23.6 Å². The minimum atomic E-state index is -0.682. The molecule has 9 heteroatoms. The lowest BCUT2D eigenvalue weighted by Gasteiger charge is -2.28. The first-order valence-electron chi connectivity index (χ1n) is 10.5. The maximum atomic E-state index is 13.4. The highest BCUT2D eigenvalue weighted by Crippen LogP contribution is 2.26. The lowest BCUT2D eigenvalue weighted by molar-refractivity contribution is 0.102. The van der Waals surface area contributed by atoms with Crippen LogP contribution in [0.5, 0.6) is 0 Å². The Morgan fingerprint density at radius 3 is 2.78 bits per heavy atom. The van der Waals surface area contributed by atoms with E-state index in [0.29, 0.717) is 24.2 Å². The largest absolute Gasteiger partial charge is 0.319 e. The van der Waals surface area contributed by atoms with E-state index in [1.807, 2.05) is 24.4 Å². The molecular formula is C23H22FN7O. The van der Waals surface area contributed by atoms with Crippen molar-refractivity contribution in [2.45, 2.75) is 25.6 Å². The summed E-state index contributed by atoms with van der Waals surface area (Å²) in [5.74, 6) is -0.329.